The number of nitrogens with zero attached hydrogens (tertiary/aromatic N) is 1. The van der Waals surface area contributed by atoms with Crippen molar-refractivity contribution in [1.82, 2.24) is 0 Å². The van der Waals surface area contributed by atoms with Crippen LogP contribution in [-0.2, 0) is 0 Å². The third-order valence-electron chi connectivity index (χ3n) is 3.45. The van der Waals surface area contributed by atoms with Crippen LogP contribution in [0.2, 0.25) is 0 Å². The van der Waals surface area contributed by atoms with Gasteiger partial charge in [-0.2, -0.15) is 0 Å². The van der Waals surface area contributed by atoms with Crippen LogP contribution < -0.4 is 9.64 Å². The highest BCUT2D eigenvalue weighted by Gasteiger charge is 2.23. The van der Waals surface area contributed by atoms with Gasteiger partial charge < -0.3 is 14.7 Å². The van der Waals surface area contributed by atoms with Gasteiger partial charge in [0.15, 0.2) is 5.75 Å². The Bertz CT molecular complexity index is 445. The van der Waals surface area contributed by atoms with Crippen LogP contribution in [0.25, 0.3) is 0 Å². The van der Waals surface area contributed by atoms with E-state index in [9.17, 15) is 9.90 Å². The number of para-hydroxylation sites is 1. The molecule has 0 aliphatic carbocycles. The lowest BCUT2D eigenvalue weighted by molar-refractivity contribution is 0.0692. The van der Waals surface area contributed by atoms with Gasteiger partial charge in [0.05, 0.1) is 12.2 Å². The molecule has 1 heterocycles. The van der Waals surface area contributed by atoms with Crippen LogP contribution in [0.5, 0.6) is 5.75 Å². The van der Waals surface area contributed by atoms with Gasteiger partial charge in [-0.15, -0.1) is 0 Å². The fourth-order valence-electron chi connectivity index (χ4n) is 2.43. The molecule has 0 radical (unpaired) electrons. The van der Waals surface area contributed by atoms with Crippen LogP contribution in [0.3, 0.4) is 0 Å². The Morgan fingerprint density at radius 1 is 1.37 bits per heavy atom. The number of carboxylic acid groups (broad SMARTS) is 1. The SMILES string of the molecule is CCCCCCN1CCOc2c(C(=O)O)cccc21. The van der Waals surface area contributed by atoms with E-state index in [1.54, 1.807) is 12.1 Å². The smallest absolute Gasteiger partial charge is 0.339 e. The maximum Gasteiger partial charge on any atom is 0.339 e. The van der Waals surface area contributed by atoms with Crippen LogP contribution in [0, 0.1) is 0 Å². The summed E-state index contributed by atoms with van der Waals surface area (Å²) in [5, 5.41) is 9.17. The minimum atomic E-state index is -0.926. The van der Waals surface area contributed by atoms with Crippen molar-refractivity contribution in [3.8, 4) is 5.75 Å². The highest BCUT2D eigenvalue weighted by atomic mass is 16.5. The van der Waals surface area contributed by atoms with E-state index in [0.717, 1.165) is 25.2 Å². The maximum atomic E-state index is 11.2. The van der Waals surface area contributed by atoms with Gasteiger partial charge in [-0.1, -0.05) is 32.3 Å². The fraction of sp³-hybridized carbons (Fsp3) is 0.533. The number of benzene rings is 1. The van der Waals surface area contributed by atoms with Gasteiger partial charge in [0.1, 0.15) is 12.2 Å². The summed E-state index contributed by atoms with van der Waals surface area (Å²) in [5.74, 6) is -0.401. The Morgan fingerprint density at radius 2 is 2.21 bits per heavy atom. The summed E-state index contributed by atoms with van der Waals surface area (Å²) >= 11 is 0. The molecule has 1 aliphatic heterocycles. The quantitative estimate of drug-likeness (QED) is 0.801. The van der Waals surface area contributed by atoms with Gasteiger partial charge in [0.25, 0.3) is 0 Å². The van der Waals surface area contributed by atoms with Crippen molar-refractivity contribution in [3.05, 3.63) is 23.8 Å². The number of rotatable bonds is 6. The molecule has 0 fully saturated rings. The summed E-state index contributed by atoms with van der Waals surface area (Å²) in [4.78, 5) is 13.4. The Balaban J connectivity index is 2.11. The second-order valence-electron chi connectivity index (χ2n) is 4.86. The molecule has 0 saturated heterocycles. The minimum absolute atomic E-state index is 0.260. The molecule has 4 nitrogen and oxygen atoms in total. The molecule has 1 aromatic carbocycles. The third kappa shape index (κ3) is 3.19. The summed E-state index contributed by atoms with van der Waals surface area (Å²) in [6, 6.07) is 5.33. The van der Waals surface area contributed by atoms with Crippen molar-refractivity contribution >= 4 is 11.7 Å². The number of anilines is 1. The fourth-order valence-corrected chi connectivity index (χ4v) is 2.43. The van der Waals surface area contributed by atoms with E-state index in [1.165, 1.54) is 19.3 Å². The first-order valence-electron chi connectivity index (χ1n) is 6.98. The molecule has 0 amide bonds. The molecule has 0 atom stereocenters. The molecule has 0 aromatic heterocycles. The highest BCUT2D eigenvalue weighted by molar-refractivity contribution is 5.93. The van der Waals surface area contributed by atoms with Gasteiger partial charge in [-0.25, -0.2) is 4.79 Å². The van der Waals surface area contributed by atoms with Crippen LogP contribution in [0.15, 0.2) is 18.2 Å². The van der Waals surface area contributed by atoms with Gasteiger partial charge in [-0.3, -0.25) is 0 Å². The molecule has 0 unspecified atom stereocenters. The van der Waals surface area contributed by atoms with Crippen molar-refractivity contribution in [2.45, 2.75) is 32.6 Å². The predicted molar refractivity (Wildman–Crippen MR) is 75.3 cm³/mol. The molecule has 104 valence electrons. The summed E-state index contributed by atoms with van der Waals surface area (Å²) in [7, 11) is 0. The zero-order valence-electron chi connectivity index (χ0n) is 11.4. The van der Waals surface area contributed by atoms with E-state index in [-0.39, 0.29) is 5.56 Å². The van der Waals surface area contributed by atoms with E-state index < -0.39 is 5.97 Å². The van der Waals surface area contributed by atoms with Gasteiger partial charge >= 0.3 is 5.97 Å². The Labute approximate surface area is 114 Å². The molecule has 1 N–H and O–H groups in total. The zero-order valence-corrected chi connectivity index (χ0v) is 11.4. The zero-order chi connectivity index (χ0) is 13.7. The van der Waals surface area contributed by atoms with Crippen LogP contribution in [0.4, 0.5) is 5.69 Å². The first kappa shape index (κ1) is 13.7. The highest BCUT2D eigenvalue weighted by Crippen LogP contribution is 2.35. The second kappa shape index (κ2) is 6.45. The number of unbranched alkanes of at least 4 members (excludes halogenated alkanes) is 3. The van der Waals surface area contributed by atoms with E-state index in [2.05, 4.69) is 11.8 Å². The van der Waals surface area contributed by atoms with Crippen LogP contribution in [-0.4, -0.2) is 30.8 Å². The summed E-state index contributed by atoms with van der Waals surface area (Å²) < 4.78 is 5.55. The molecule has 2 rings (SSSR count). The first-order valence-corrected chi connectivity index (χ1v) is 6.98. The molecule has 1 aromatic rings. The Kier molecular flexibility index (Phi) is 4.66. The Hall–Kier alpha value is -1.71. The van der Waals surface area contributed by atoms with Crippen molar-refractivity contribution in [2.75, 3.05) is 24.6 Å². The van der Waals surface area contributed by atoms with Gasteiger partial charge in [0.2, 0.25) is 0 Å². The van der Waals surface area contributed by atoms with Crippen molar-refractivity contribution < 1.29 is 14.6 Å². The number of ether oxygens (including phenoxy) is 1. The van der Waals surface area contributed by atoms with E-state index in [4.69, 9.17) is 4.74 Å². The molecule has 0 bridgehead atoms. The van der Waals surface area contributed by atoms with E-state index >= 15 is 0 Å². The number of carbonyl (C=O) groups is 1. The lowest BCUT2D eigenvalue weighted by Gasteiger charge is -2.32. The standard InChI is InChI=1S/C15H21NO3/c1-2-3-4-5-9-16-10-11-19-14-12(15(17)18)7-6-8-13(14)16/h6-8H,2-5,9-11H2,1H3,(H,17,18). The topological polar surface area (TPSA) is 49.8 Å². The predicted octanol–water partition coefficient (Wildman–Crippen LogP) is 3.16. The maximum absolute atomic E-state index is 11.2. The Morgan fingerprint density at radius 3 is 2.95 bits per heavy atom. The molecule has 0 saturated carbocycles. The molecule has 19 heavy (non-hydrogen) atoms. The van der Waals surface area contributed by atoms with Gasteiger partial charge in [0, 0.05) is 6.54 Å². The average Bonchev–Trinajstić information content (AvgIpc) is 2.43. The summed E-state index contributed by atoms with van der Waals surface area (Å²) in [6.07, 6.45) is 4.85. The summed E-state index contributed by atoms with van der Waals surface area (Å²) in [5.41, 5.74) is 1.18. The van der Waals surface area contributed by atoms with Crippen molar-refractivity contribution in [3.63, 3.8) is 0 Å². The third-order valence-corrected chi connectivity index (χ3v) is 3.45. The van der Waals surface area contributed by atoms with Crippen LogP contribution >= 0.6 is 0 Å². The van der Waals surface area contributed by atoms with Crippen molar-refractivity contribution in [1.29, 1.82) is 0 Å². The minimum Gasteiger partial charge on any atom is -0.489 e. The van der Waals surface area contributed by atoms with Gasteiger partial charge in [-0.05, 0) is 18.6 Å². The average molecular weight is 263 g/mol. The van der Waals surface area contributed by atoms with Crippen LogP contribution in [0.1, 0.15) is 43.0 Å². The number of hydrogen-bond donors (Lipinski definition) is 1. The van der Waals surface area contributed by atoms with Crippen molar-refractivity contribution in [2.24, 2.45) is 0 Å². The monoisotopic (exact) mass is 263 g/mol. The van der Waals surface area contributed by atoms with E-state index in [0.29, 0.717) is 12.4 Å². The number of hydrogen-bond acceptors (Lipinski definition) is 3. The second-order valence-corrected chi connectivity index (χ2v) is 4.86. The molecule has 4 heteroatoms. The number of carboxylic acids is 1. The molecule has 1 aliphatic rings. The van der Waals surface area contributed by atoms with E-state index in [1.807, 2.05) is 6.07 Å². The molecular weight excluding hydrogens is 242 g/mol. The number of aromatic carboxylic acids is 1. The molecular formula is C15H21NO3. The normalized spacial score (nSPS) is 13.8. The largest absolute Gasteiger partial charge is 0.489 e. The lowest BCUT2D eigenvalue weighted by atomic mass is 10.1. The first-order chi connectivity index (χ1) is 9.24. The molecule has 0 spiro atoms. The summed E-state index contributed by atoms with van der Waals surface area (Å²) in [6.45, 7) is 4.57. The lowest BCUT2D eigenvalue weighted by Crippen LogP contribution is -2.34. The number of fused-ring (bicyclic) bond motifs is 1.